The summed E-state index contributed by atoms with van der Waals surface area (Å²) >= 11 is 0. The molecule has 2 N–H and O–H groups in total. The van der Waals surface area contributed by atoms with Crippen molar-refractivity contribution < 1.29 is 4.79 Å². The van der Waals surface area contributed by atoms with Gasteiger partial charge in [0.15, 0.2) is 0 Å². The summed E-state index contributed by atoms with van der Waals surface area (Å²) in [6.45, 7) is 0.878. The summed E-state index contributed by atoms with van der Waals surface area (Å²) in [5.74, 6) is 2.84. The highest BCUT2D eigenvalue weighted by Crippen LogP contribution is 2.18. The average Bonchev–Trinajstić information content (AvgIpc) is 2.99. The fraction of sp³-hybridized carbons (Fsp3) is 0.353. The van der Waals surface area contributed by atoms with Crippen LogP contribution in [0.2, 0.25) is 0 Å². The molecule has 0 saturated heterocycles. The monoisotopic (exact) mass is 326 g/mol. The molecule has 24 heavy (non-hydrogen) atoms. The van der Waals surface area contributed by atoms with E-state index in [0.717, 1.165) is 5.56 Å². The van der Waals surface area contributed by atoms with Crippen LogP contribution in [0.5, 0.6) is 0 Å². The Hall–Kier alpha value is -2.85. The number of hydrogen-bond donors (Lipinski definition) is 2. The van der Waals surface area contributed by atoms with Gasteiger partial charge in [-0.3, -0.25) is 9.48 Å². The Morgan fingerprint density at radius 3 is 2.75 bits per heavy atom. The third-order valence-corrected chi connectivity index (χ3v) is 3.59. The van der Waals surface area contributed by atoms with E-state index in [9.17, 15) is 4.79 Å². The highest BCUT2D eigenvalue weighted by Gasteiger charge is 2.16. The lowest BCUT2D eigenvalue weighted by Gasteiger charge is -2.23. The fourth-order valence-corrected chi connectivity index (χ4v) is 2.28. The number of carbonyl (C=O) groups excluding carboxylic acids is 1. The minimum absolute atomic E-state index is 0.166. The van der Waals surface area contributed by atoms with Crippen LogP contribution in [0.1, 0.15) is 22.0 Å². The number of nitrogens with one attached hydrogen (secondary N) is 2. The Labute approximate surface area is 142 Å². The molecule has 7 heteroatoms. The molecule has 0 aromatic carbocycles. The summed E-state index contributed by atoms with van der Waals surface area (Å²) < 4.78 is 1.79. The number of amides is 1. The van der Waals surface area contributed by atoms with Crippen molar-refractivity contribution in [2.45, 2.75) is 6.04 Å². The molecule has 0 aliphatic carbocycles. The summed E-state index contributed by atoms with van der Waals surface area (Å²) in [6, 6.07) is 3.66. The van der Waals surface area contributed by atoms with Gasteiger partial charge in [0, 0.05) is 31.5 Å². The van der Waals surface area contributed by atoms with Gasteiger partial charge in [0.05, 0.1) is 24.3 Å². The van der Waals surface area contributed by atoms with Crippen LogP contribution < -0.4 is 10.6 Å². The van der Waals surface area contributed by atoms with Crippen LogP contribution in [0.4, 0.5) is 5.82 Å². The van der Waals surface area contributed by atoms with Crippen molar-refractivity contribution in [3.8, 4) is 12.3 Å². The van der Waals surface area contributed by atoms with Crippen molar-refractivity contribution >= 4 is 11.7 Å². The molecule has 2 aromatic rings. The van der Waals surface area contributed by atoms with E-state index in [1.807, 2.05) is 33.5 Å². The molecule has 1 atom stereocenters. The first kappa shape index (κ1) is 17.5. The van der Waals surface area contributed by atoms with Crippen molar-refractivity contribution in [3.05, 3.63) is 41.9 Å². The van der Waals surface area contributed by atoms with Gasteiger partial charge >= 0.3 is 0 Å². The zero-order chi connectivity index (χ0) is 17.5. The first-order chi connectivity index (χ1) is 11.5. The van der Waals surface area contributed by atoms with Crippen molar-refractivity contribution in [1.29, 1.82) is 0 Å². The van der Waals surface area contributed by atoms with E-state index in [4.69, 9.17) is 6.42 Å². The first-order valence-electron chi connectivity index (χ1n) is 7.58. The molecule has 2 rings (SSSR count). The summed E-state index contributed by atoms with van der Waals surface area (Å²) in [7, 11) is 5.94. The third kappa shape index (κ3) is 4.57. The number of aryl methyl sites for hydroxylation is 1. The van der Waals surface area contributed by atoms with Crippen molar-refractivity contribution in [2.24, 2.45) is 7.05 Å². The number of hydrogen-bond acceptors (Lipinski definition) is 5. The van der Waals surface area contributed by atoms with E-state index in [1.54, 1.807) is 16.8 Å². The Bertz CT molecular complexity index is 713. The minimum Gasteiger partial charge on any atom is -0.368 e. The van der Waals surface area contributed by atoms with Crippen LogP contribution in [0, 0.1) is 12.3 Å². The fourth-order valence-electron chi connectivity index (χ4n) is 2.28. The molecule has 0 aliphatic heterocycles. The average molecular weight is 326 g/mol. The number of pyridine rings is 1. The van der Waals surface area contributed by atoms with Crippen molar-refractivity contribution in [2.75, 3.05) is 32.5 Å². The second-order valence-electron chi connectivity index (χ2n) is 5.63. The molecule has 2 heterocycles. The Morgan fingerprint density at radius 2 is 2.21 bits per heavy atom. The lowest BCUT2D eigenvalue weighted by Crippen LogP contribution is -2.27. The molecule has 7 nitrogen and oxygen atoms in total. The first-order valence-corrected chi connectivity index (χ1v) is 7.58. The molecule has 0 aliphatic rings. The molecular weight excluding hydrogens is 304 g/mol. The highest BCUT2D eigenvalue weighted by molar-refractivity contribution is 5.94. The molecule has 1 amide bonds. The van der Waals surface area contributed by atoms with Gasteiger partial charge in [-0.15, -0.1) is 6.42 Å². The lowest BCUT2D eigenvalue weighted by atomic mass is 10.1. The van der Waals surface area contributed by atoms with Crippen LogP contribution in [-0.4, -0.2) is 52.8 Å². The normalized spacial score (nSPS) is 11.8. The summed E-state index contributed by atoms with van der Waals surface area (Å²) in [5, 5.41) is 10.1. The van der Waals surface area contributed by atoms with Gasteiger partial charge in [-0.05, 0) is 26.2 Å². The predicted molar refractivity (Wildman–Crippen MR) is 93.5 cm³/mol. The number of terminal acetylenes is 1. The standard InChI is InChI=1S/C17H22N6O/c1-5-8-18-17(24)13-6-7-16(19-9-13)20-11-15(22(2)3)14-10-21-23(4)12-14/h1,6-7,9-10,12,15H,8,11H2,2-4H3,(H,18,24)(H,19,20). The molecule has 0 saturated carbocycles. The van der Waals surface area contributed by atoms with Gasteiger partial charge in [0.25, 0.3) is 5.91 Å². The van der Waals surface area contributed by atoms with Gasteiger partial charge in [-0.1, -0.05) is 5.92 Å². The minimum atomic E-state index is -0.228. The number of anilines is 1. The van der Waals surface area contributed by atoms with Gasteiger partial charge in [-0.2, -0.15) is 5.10 Å². The zero-order valence-electron chi connectivity index (χ0n) is 14.2. The van der Waals surface area contributed by atoms with E-state index in [0.29, 0.717) is 17.9 Å². The van der Waals surface area contributed by atoms with Crippen LogP contribution in [-0.2, 0) is 7.05 Å². The smallest absolute Gasteiger partial charge is 0.253 e. The summed E-state index contributed by atoms with van der Waals surface area (Å²) in [5.41, 5.74) is 1.60. The highest BCUT2D eigenvalue weighted by atomic mass is 16.1. The molecule has 126 valence electrons. The SMILES string of the molecule is C#CCNC(=O)c1ccc(NCC(c2cnn(C)c2)N(C)C)nc1. The maximum atomic E-state index is 11.8. The van der Waals surface area contributed by atoms with Crippen LogP contribution in [0.15, 0.2) is 30.7 Å². The number of carbonyl (C=O) groups is 1. The topological polar surface area (TPSA) is 75.1 Å². The van der Waals surface area contributed by atoms with Crippen molar-refractivity contribution in [3.63, 3.8) is 0 Å². The third-order valence-electron chi connectivity index (χ3n) is 3.59. The molecule has 2 aromatic heterocycles. The van der Waals surface area contributed by atoms with E-state index in [1.165, 1.54) is 6.20 Å². The van der Waals surface area contributed by atoms with Gasteiger partial charge in [-0.25, -0.2) is 4.98 Å². The predicted octanol–water partition coefficient (Wildman–Crippen LogP) is 0.893. The molecule has 0 bridgehead atoms. The lowest BCUT2D eigenvalue weighted by molar-refractivity contribution is 0.0958. The Balaban J connectivity index is 1.98. The van der Waals surface area contributed by atoms with Crippen LogP contribution in [0.3, 0.4) is 0 Å². The zero-order valence-corrected chi connectivity index (χ0v) is 14.2. The second-order valence-corrected chi connectivity index (χ2v) is 5.63. The number of rotatable bonds is 7. The maximum Gasteiger partial charge on any atom is 0.253 e. The Morgan fingerprint density at radius 1 is 1.42 bits per heavy atom. The molecule has 1 unspecified atom stereocenters. The summed E-state index contributed by atoms with van der Waals surface area (Å²) in [6.07, 6.45) is 10.5. The van der Waals surface area contributed by atoms with Gasteiger partial charge < -0.3 is 15.5 Å². The largest absolute Gasteiger partial charge is 0.368 e. The second kappa shape index (κ2) is 8.13. The Kier molecular flexibility index (Phi) is 5.93. The van der Waals surface area contributed by atoms with E-state index >= 15 is 0 Å². The van der Waals surface area contributed by atoms with Crippen LogP contribution >= 0.6 is 0 Å². The van der Waals surface area contributed by atoms with E-state index in [2.05, 4.69) is 31.5 Å². The maximum absolute atomic E-state index is 11.8. The van der Waals surface area contributed by atoms with Gasteiger partial charge in [0.1, 0.15) is 5.82 Å². The molecular formula is C17H22N6O. The number of aromatic nitrogens is 3. The quantitative estimate of drug-likeness (QED) is 0.739. The van der Waals surface area contributed by atoms with Gasteiger partial charge in [0.2, 0.25) is 0 Å². The molecule has 0 radical (unpaired) electrons. The van der Waals surface area contributed by atoms with E-state index in [-0.39, 0.29) is 18.5 Å². The molecule has 0 spiro atoms. The van der Waals surface area contributed by atoms with Crippen molar-refractivity contribution in [1.82, 2.24) is 25.0 Å². The number of likely N-dealkylation sites (N-methyl/N-ethyl adjacent to an activating group) is 1. The number of nitrogens with zero attached hydrogens (tertiary/aromatic N) is 4. The van der Waals surface area contributed by atoms with E-state index < -0.39 is 0 Å². The molecule has 0 fully saturated rings. The van der Waals surface area contributed by atoms with Crippen LogP contribution in [0.25, 0.3) is 0 Å². The summed E-state index contributed by atoms with van der Waals surface area (Å²) in [4.78, 5) is 18.2.